The SMILES string of the molecule is C/C=C\C(=C/C)C1=NC(=C/C)/C(=N\CC)OC1C. The highest BCUT2D eigenvalue weighted by Gasteiger charge is 2.24. The molecule has 0 radical (unpaired) electrons. The van der Waals surface area contributed by atoms with E-state index in [2.05, 4.69) is 9.98 Å². The van der Waals surface area contributed by atoms with Crippen molar-refractivity contribution in [1.82, 2.24) is 0 Å². The van der Waals surface area contributed by atoms with E-state index in [1.807, 2.05) is 58.9 Å². The lowest BCUT2D eigenvalue weighted by Gasteiger charge is -2.24. The summed E-state index contributed by atoms with van der Waals surface area (Å²) in [6, 6.07) is 0. The molecule has 0 aromatic heterocycles. The smallest absolute Gasteiger partial charge is 0.235 e. The van der Waals surface area contributed by atoms with Crippen molar-refractivity contribution in [2.75, 3.05) is 6.54 Å². The Kier molecular flexibility index (Phi) is 5.56. The van der Waals surface area contributed by atoms with Crippen LogP contribution in [0.2, 0.25) is 0 Å². The van der Waals surface area contributed by atoms with Gasteiger partial charge in [-0.3, -0.25) is 4.99 Å². The Hall–Kier alpha value is -1.64. The Morgan fingerprint density at radius 2 is 2.11 bits per heavy atom. The summed E-state index contributed by atoms with van der Waals surface area (Å²) in [6.45, 7) is 10.7. The maximum absolute atomic E-state index is 5.85. The van der Waals surface area contributed by atoms with Gasteiger partial charge in [-0.05, 0) is 40.2 Å². The van der Waals surface area contributed by atoms with E-state index in [1.165, 1.54) is 0 Å². The zero-order valence-corrected chi connectivity index (χ0v) is 11.9. The van der Waals surface area contributed by atoms with Gasteiger partial charge < -0.3 is 4.74 Å². The molecule has 0 amide bonds. The van der Waals surface area contributed by atoms with Gasteiger partial charge in [0.15, 0.2) is 0 Å². The molecule has 0 spiro atoms. The van der Waals surface area contributed by atoms with Crippen molar-refractivity contribution >= 4 is 11.6 Å². The molecule has 1 aliphatic rings. The molecule has 1 atom stereocenters. The third-order valence-electron chi connectivity index (χ3n) is 2.66. The van der Waals surface area contributed by atoms with Crippen molar-refractivity contribution in [3.8, 4) is 0 Å². The summed E-state index contributed by atoms with van der Waals surface area (Å²) in [5.74, 6) is 0.646. The zero-order chi connectivity index (χ0) is 13.5. The van der Waals surface area contributed by atoms with Crippen molar-refractivity contribution in [2.24, 2.45) is 9.98 Å². The highest BCUT2D eigenvalue weighted by Crippen LogP contribution is 2.19. The van der Waals surface area contributed by atoms with Crippen LogP contribution in [-0.2, 0) is 4.74 Å². The molecule has 0 aromatic carbocycles. The maximum atomic E-state index is 5.85. The first kappa shape index (κ1) is 14.4. The molecular formula is C15H22N2O. The summed E-state index contributed by atoms with van der Waals surface area (Å²) in [6.07, 6.45) is 7.97. The molecule has 0 fully saturated rings. The monoisotopic (exact) mass is 246 g/mol. The highest BCUT2D eigenvalue weighted by atomic mass is 16.5. The van der Waals surface area contributed by atoms with Crippen LogP contribution in [0.3, 0.4) is 0 Å². The molecule has 1 heterocycles. The lowest BCUT2D eigenvalue weighted by Crippen LogP contribution is -2.31. The van der Waals surface area contributed by atoms with Crippen LogP contribution in [0.5, 0.6) is 0 Å². The first-order chi connectivity index (χ1) is 8.67. The van der Waals surface area contributed by atoms with Crippen LogP contribution in [0, 0.1) is 0 Å². The van der Waals surface area contributed by atoms with Crippen molar-refractivity contribution in [3.63, 3.8) is 0 Å². The van der Waals surface area contributed by atoms with Gasteiger partial charge in [-0.1, -0.05) is 24.3 Å². The van der Waals surface area contributed by atoms with Gasteiger partial charge in [-0.25, -0.2) is 4.99 Å². The average molecular weight is 246 g/mol. The summed E-state index contributed by atoms with van der Waals surface area (Å²) in [5, 5.41) is 0. The molecule has 0 aliphatic carbocycles. The maximum Gasteiger partial charge on any atom is 0.235 e. The van der Waals surface area contributed by atoms with E-state index < -0.39 is 0 Å². The lowest BCUT2D eigenvalue weighted by molar-refractivity contribution is 0.267. The average Bonchev–Trinajstić information content (AvgIpc) is 2.37. The van der Waals surface area contributed by atoms with E-state index in [0.29, 0.717) is 12.4 Å². The van der Waals surface area contributed by atoms with E-state index in [0.717, 1.165) is 17.0 Å². The minimum Gasteiger partial charge on any atom is -0.467 e. The minimum absolute atomic E-state index is 0.0681. The fraction of sp³-hybridized carbons (Fsp3) is 0.467. The molecule has 0 saturated carbocycles. The van der Waals surface area contributed by atoms with Crippen molar-refractivity contribution in [3.05, 3.63) is 35.6 Å². The standard InChI is InChI=1S/C15H22N2O/c1-6-10-12(7-2)14-11(5)18-15(16-9-4)13(8-3)17-14/h6-8,10-11H,9H2,1-5H3/b10-6-,12-7+,13-8+,16-15+. The summed E-state index contributed by atoms with van der Waals surface area (Å²) in [7, 11) is 0. The predicted molar refractivity (Wildman–Crippen MR) is 78.3 cm³/mol. The number of ether oxygens (including phenoxy) is 1. The molecule has 1 aliphatic heterocycles. The first-order valence-electron chi connectivity index (χ1n) is 6.43. The number of hydrogen-bond donors (Lipinski definition) is 0. The van der Waals surface area contributed by atoms with E-state index in [9.17, 15) is 0 Å². The second-order valence-corrected chi connectivity index (χ2v) is 3.95. The van der Waals surface area contributed by atoms with Gasteiger partial charge in [0, 0.05) is 6.54 Å². The normalized spacial score (nSPS) is 25.7. The van der Waals surface area contributed by atoms with Crippen molar-refractivity contribution in [1.29, 1.82) is 0 Å². The van der Waals surface area contributed by atoms with E-state index in [-0.39, 0.29) is 6.10 Å². The molecule has 1 rings (SSSR count). The molecule has 0 aromatic rings. The minimum atomic E-state index is -0.0681. The Balaban J connectivity index is 3.19. The fourth-order valence-corrected chi connectivity index (χ4v) is 1.81. The quantitative estimate of drug-likeness (QED) is 0.699. The van der Waals surface area contributed by atoms with Crippen LogP contribution >= 0.6 is 0 Å². The molecule has 98 valence electrons. The fourth-order valence-electron chi connectivity index (χ4n) is 1.81. The molecule has 18 heavy (non-hydrogen) atoms. The predicted octanol–water partition coefficient (Wildman–Crippen LogP) is 3.69. The third kappa shape index (κ3) is 3.19. The van der Waals surface area contributed by atoms with Gasteiger partial charge >= 0.3 is 0 Å². The van der Waals surface area contributed by atoms with Crippen LogP contribution in [0.15, 0.2) is 45.6 Å². The van der Waals surface area contributed by atoms with Crippen molar-refractivity contribution in [2.45, 2.75) is 40.7 Å². The van der Waals surface area contributed by atoms with Crippen LogP contribution in [0.25, 0.3) is 0 Å². The molecule has 3 nitrogen and oxygen atoms in total. The van der Waals surface area contributed by atoms with Gasteiger partial charge in [0.05, 0.1) is 5.71 Å². The van der Waals surface area contributed by atoms with Gasteiger partial charge in [0.1, 0.15) is 11.8 Å². The van der Waals surface area contributed by atoms with Crippen LogP contribution in [-0.4, -0.2) is 24.3 Å². The number of hydrogen-bond acceptors (Lipinski definition) is 3. The molecule has 1 unspecified atom stereocenters. The molecule has 0 saturated heterocycles. The number of allylic oxidation sites excluding steroid dienone is 4. The largest absolute Gasteiger partial charge is 0.467 e. The Bertz CT molecular complexity index is 439. The van der Waals surface area contributed by atoms with Crippen LogP contribution in [0.4, 0.5) is 0 Å². The van der Waals surface area contributed by atoms with E-state index in [4.69, 9.17) is 4.74 Å². The molecule has 3 heteroatoms. The third-order valence-corrected chi connectivity index (χ3v) is 2.66. The second-order valence-electron chi connectivity index (χ2n) is 3.95. The van der Waals surface area contributed by atoms with Crippen LogP contribution < -0.4 is 0 Å². The molecule has 0 bridgehead atoms. The van der Waals surface area contributed by atoms with E-state index in [1.54, 1.807) is 0 Å². The first-order valence-corrected chi connectivity index (χ1v) is 6.43. The Morgan fingerprint density at radius 1 is 1.39 bits per heavy atom. The second kappa shape index (κ2) is 6.94. The number of rotatable bonds is 3. The Labute approximate surface area is 110 Å². The van der Waals surface area contributed by atoms with Crippen LogP contribution in [0.1, 0.15) is 34.6 Å². The van der Waals surface area contributed by atoms with Gasteiger partial charge in [0.25, 0.3) is 0 Å². The summed E-state index contributed by atoms with van der Waals surface area (Å²) in [5.41, 5.74) is 2.87. The van der Waals surface area contributed by atoms with Crippen molar-refractivity contribution < 1.29 is 4.74 Å². The summed E-state index contributed by atoms with van der Waals surface area (Å²) >= 11 is 0. The van der Waals surface area contributed by atoms with E-state index >= 15 is 0 Å². The van der Waals surface area contributed by atoms with Gasteiger partial charge in [0.2, 0.25) is 5.90 Å². The zero-order valence-electron chi connectivity index (χ0n) is 11.9. The summed E-state index contributed by atoms with van der Waals surface area (Å²) < 4.78 is 5.85. The number of nitrogens with zero attached hydrogens (tertiary/aromatic N) is 2. The highest BCUT2D eigenvalue weighted by molar-refractivity contribution is 6.12. The number of aliphatic imine (C=N–C) groups is 2. The topological polar surface area (TPSA) is 34.0 Å². The molecule has 0 N–H and O–H groups in total. The lowest BCUT2D eigenvalue weighted by atomic mass is 10.0. The Morgan fingerprint density at radius 3 is 2.61 bits per heavy atom. The van der Waals surface area contributed by atoms with Gasteiger partial charge in [-0.2, -0.15) is 0 Å². The summed E-state index contributed by atoms with van der Waals surface area (Å²) in [4.78, 5) is 9.01. The van der Waals surface area contributed by atoms with Gasteiger partial charge in [-0.15, -0.1) is 0 Å². The molecular weight excluding hydrogens is 224 g/mol.